The van der Waals surface area contributed by atoms with Crippen molar-refractivity contribution in [1.29, 1.82) is 0 Å². The number of allylic oxidation sites excluding steroid dienone is 1. The molecule has 0 aliphatic carbocycles. The van der Waals surface area contributed by atoms with Gasteiger partial charge in [0.05, 0.1) is 5.41 Å². The Kier molecular flexibility index (Phi) is 4.41. The second-order valence-corrected chi connectivity index (χ2v) is 7.49. The van der Waals surface area contributed by atoms with E-state index in [0.29, 0.717) is 12.1 Å². The van der Waals surface area contributed by atoms with Gasteiger partial charge in [-0.15, -0.1) is 0 Å². The predicted octanol–water partition coefficient (Wildman–Crippen LogP) is 4.72. The van der Waals surface area contributed by atoms with E-state index in [4.69, 9.17) is 0 Å². The standard InChI is InChI=1S/C20H18BrNO2/c1-20(2)13-22(19(20)24)17-9-7-15(8-10-17)18(23)11-6-14-4-3-5-16(21)12-14/h3-12H,13H2,1-2H3. The summed E-state index contributed by atoms with van der Waals surface area (Å²) in [5.41, 5.74) is 2.13. The number of carbonyl (C=O) groups is 2. The zero-order valence-corrected chi connectivity index (χ0v) is 15.2. The molecule has 1 aliphatic heterocycles. The normalized spacial score (nSPS) is 16.3. The summed E-state index contributed by atoms with van der Waals surface area (Å²) in [6, 6.07) is 14.9. The molecule has 1 heterocycles. The average molecular weight is 384 g/mol. The van der Waals surface area contributed by atoms with Crippen molar-refractivity contribution in [3.8, 4) is 0 Å². The zero-order valence-electron chi connectivity index (χ0n) is 13.6. The van der Waals surface area contributed by atoms with Crippen molar-refractivity contribution in [3.05, 3.63) is 70.2 Å². The van der Waals surface area contributed by atoms with E-state index >= 15 is 0 Å². The van der Waals surface area contributed by atoms with Gasteiger partial charge in [-0.3, -0.25) is 9.59 Å². The maximum Gasteiger partial charge on any atom is 0.234 e. The summed E-state index contributed by atoms with van der Waals surface area (Å²) in [4.78, 5) is 26.0. The number of benzene rings is 2. The van der Waals surface area contributed by atoms with Crippen LogP contribution in [0.1, 0.15) is 29.8 Å². The molecule has 0 spiro atoms. The fourth-order valence-electron chi connectivity index (χ4n) is 2.70. The molecule has 0 aromatic heterocycles. The maximum absolute atomic E-state index is 12.3. The number of hydrogen-bond donors (Lipinski definition) is 0. The largest absolute Gasteiger partial charge is 0.311 e. The van der Waals surface area contributed by atoms with Gasteiger partial charge >= 0.3 is 0 Å². The first-order valence-electron chi connectivity index (χ1n) is 7.77. The average Bonchev–Trinajstić information content (AvgIpc) is 2.58. The van der Waals surface area contributed by atoms with Gasteiger partial charge in [-0.05, 0) is 61.9 Å². The lowest BCUT2D eigenvalue weighted by Crippen LogP contribution is -2.58. The van der Waals surface area contributed by atoms with Crippen LogP contribution in [-0.4, -0.2) is 18.2 Å². The highest BCUT2D eigenvalue weighted by atomic mass is 79.9. The van der Waals surface area contributed by atoms with E-state index in [0.717, 1.165) is 15.7 Å². The highest BCUT2D eigenvalue weighted by Crippen LogP contribution is 2.35. The van der Waals surface area contributed by atoms with Crippen molar-refractivity contribution < 1.29 is 9.59 Å². The van der Waals surface area contributed by atoms with Crippen LogP contribution in [0, 0.1) is 5.41 Å². The summed E-state index contributed by atoms with van der Waals surface area (Å²) in [7, 11) is 0. The van der Waals surface area contributed by atoms with Crippen LogP contribution in [0.3, 0.4) is 0 Å². The molecule has 2 aromatic carbocycles. The highest BCUT2D eigenvalue weighted by Gasteiger charge is 2.44. The monoisotopic (exact) mass is 383 g/mol. The molecule has 0 N–H and O–H groups in total. The molecule has 0 saturated carbocycles. The van der Waals surface area contributed by atoms with Gasteiger partial charge in [0.15, 0.2) is 5.78 Å². The number of hydrogen-bond acceptors (Lipinski definition) is 2. The Bertz CT molecular complexity index is 822. The summed E-state index contributed by atoms with van der Waals surface area (Å²) in [5.74, 6) is 0.0629. The number of ketones is 1. The summed E-state index contributed by atoms with van der Waals surface area (Å²) in [5, 5.41) is 0. The van der Waals surface area contributed by atoms with E-state index in [-0.39, 0.29) is 17.1 Å². The van der Waals surface area contributed by atoms with Crippen LogP contribution in [0.15, 0.2) is 59.1 Å². The molecule has 2 aromatic rings. The fraction of sp³-hybridized carbons (Fsp3) is 0.200. The van der Waals surface area contributed by atoms with E-state index in [1.54, 1.807) is 29.2 Å². The Morgan fingerprint density at radius 3 is 2.46 bits per heavy atom. The number of anilines is 1. The minimum Gasteiger partial charge on any atom is -0.311 e. The minimum atomic E-state index is -0.277. The number of rotatable bonds is 4. The number of β-lactam (4-membered cyclic amide) rings is 1. The molecule has 24 heavy (non-hydrogen) atoms. The van der Waals surface area contributed by atoms with E-state index in [1.807, 2.05) is 50.2 Å². The Hall–Kier alpha value is -2.20. The molecule has 0 radical (unpaired) electrons. The number of nitrogens with zero attached hydrogens (tertiary/aromatic N) is 1. The SMILES string of the molecule is CC1(C)CN(c2ccc(C(=O)C=Cc3cccc(Br)c3)cc2)C1=O. The first-order chi connectivity index (χ1) is 11.4. The Balaban J connectivity index is 1.69. The van der Waals surface area contributed by atoms with E-state index in [9.17, 15) is 9.59 Å². The van der Waals surface area contributed by atoms with E-state index in [1.165, 1.54) is 0 Å². The van der Waals surface area contributed by atoms with Gasteiger partial charge in [-0.1, -0.05) is 34.1 Å². The summed E-state index contributed by atoms with van der Waals surface area (Å²) < 4.78 is 0.976. The molecule has 1 saturated heterocycles. The third kappa shape index (κ3) is 3.34. The smallest absolute Gasteiger partial charge is 0.234 e. The van der Waals surface area contributed by atoms with Crippen LogP contribution < -0.4 is 4.90 Å². The Morgan fingerprint density at radius 2 is 1.88 bits per heavy atom. The van der Waals surface area contributed by atoms with Crippen LogP contribution in [0.4, 0.5) is 5.69 Å². The molecule has 122 valence electrons. The molecule has 1 amide bonds. The summed E-state index contributed by atoms with van der Waals surface area (Å²) >= 11 is 3.41. The first kappa shape index (κ1) is 16.7. The molecule has 0 unspecified atom stereocenters. The second kappa shape index (κ2) is 6.36. The molecule has 0 bridgehead atoms. The van der Waals surface area contributed by atoms with Gasteiger partial charge in [0, 0.05) is 22.3 Å². The quantitative estimate of drug-likeness (QED) is 0.435. The molecule has 1 fully saturated rings. The van der Waals surface area contributed by atoms with Crippen LogP contribution >= 0.6 is 15.9 Å². The Morgan fingerprint density at radius 1 is 1.17 bits per heavy atom. The van der Waals surface area contributed by atoms with Gasteiger partial charge in [-0.25, -0.2) is 0 Å². The second-order valence-electron chi connectivity index (χ2n) is 6.57. The van der Waals surface area contributed by atoms with Crippen LogP contribution in [-0.2, 0) is 4.79 Å². The molecular weight excluding hydrogens is 366 g/mol. The van der Waals surface area contributed by atoms with Crippen molar-refractivity contribution >= 4 is 39.4 Å². The predicted molar refractivity (Wildman–Crippen MR) is 100 cm³/mol. The van der Waals surface area contributed by atoms with Crippen molar-refractivity contribution in [2.45, 2.75) is 13.8 Å². The number of carbonyl (C=O) groups excluding carboxylic acids is 2. The fourth-order valence-corrected chi connectivity index (χ4v) is 3.12. The van der Waals surface area contributed by atoms with Crippen molar-refractivity contribution in [3.63, 3.8) is 0 Å². The third-order valence-corrected chi connectivity index (χ3v) is 4.61. The van der Waals surface area contributed by atoms with Gasteiger partial charge < -0.3 is 4.90 Å². The summed E-state index contributed by atoms with van der Waals surface area (Å²) in [6.45, 7) is 4.59. The minimum absolute atomic E-state index is 0.0585. The number of amides is 1. The molecule has 0 atom stereocenters. The lowest BCUT2D eigenvalue weighted by atomic mass is 9.82. The lowest BCUT2D eigenvalue weighted by molar-refractivity contribution is -0.132. The van der Waals surface area contributed by atoms with Crippen LogP contribution in [0.25, 0.3) is 6.08 Å². The molecule has 3 nitrogen and oxygen atoms in total. The van der Waals surface area contributed by atoms with Gasteiger partial charge in [-0.2, -0.15) is 0 Å². The topological polar surface area (TPSA) is 37.4 Å². The van der Waals surface area contributed by atoms with Gasteiger partial charge in [0.2, 0.25) is 5.91 Å². The van der Waals surface area contributed by atoms with E-state index in [2.05, 4.69) is 15.9 Å². The molecule has 3 rings (SSSR count). The van der Waals surface area contributed by atoms with Crippen molar-refractivity contribution in [2.24, 2.45) is 5.41 Å². The molecule has 4 heteroatoms. The Labute approximate surface area is 150 Å². The zero-order chi connectivity index (χ0) is 17.3. The van der Waals surface area contributed by atoms with Gasteiger partial charge in [0.1, 0.15) is 0 Å². The number of halogens is 1. The van der Waals surface area contributed by atoms with Crippen molar-refractivity contribution in [1.82, 2.24) is 0 Å². The molecule has 1 aliphatic rings. The van der Waals surface area contributed by atoms with Crippen molar-refractivity contribution in [2.75, 3.05) is 11.4 Å². The lowest BCUT2D eigenvalue weighted by Gasteiger charge is -2.44. The van der Waals surface area contributed by atoms with Gasteiger partial charge in [0.25, 0.3) is 0 Å². The first-order valence-corrected chi connectivity index (χ1v) is 8.56. The van der Waals surface area contributed by atoms with E-state index < -0.39 is 0 Å². The maximum atomic E-state index is 12.3. The summed E-state index contributed by atoms with van der Waals surface area (Å²) in [6.07, 6.45) is 3.36. The van der Waals surface area contributed by atoms with Crippen LogP contribution in [0.5, 0.6) is 0 Å². The van der Waals surface area contributed by atoms with Crippen LogP contribution in [0.2, 0.25) is 0 Å². The molecular formula is C20H18BrNO2. The highest BCUT2D eigenvalue weighted by molar-refractivity contribution is 9.10. The third-order valence-electron chi connectivity index (χ3n) is 4.12.